The van der Waals surface area contributed by atoms with E-state index >= 15 is 0 Å². The fourth-order valence-electron chi connectivity index (χ4n) is 1.98. The van der Waals surface area contributed by atoms with Gasteiger partial charge in [0.2, 0.25) is 0 Å². The SMILES string of the molecule is COC(=O)c1nc(-c2ccc([Si](C)(C)C)cc2)ccc1F. The van der Waals surface area contributed by atoms with E-state index in [1.807, 2.05) is 12.1 Å². The van der Waals surface area contributed by atoms with Gasteiger partial charge in [-0.15, -0.1) is 0 Å². The Hall–Kier alpha value is -2.01. The van der Waals surface area contributed by atoms with Crippen LogP contribution in [0, 0.1) is 5.82 Å². The number of nitrogens with zero attached hydrogens (tertiary/aromatic N) is 1. The Morgan fingerprint density at radius 3 is 2.24 bits per heavy atom. The summed E-state index contributed by atoms with van der Waals surface area (Å²) < 4.78 is 18.1. The van der Waals surface area contributed by atoms with Gasteiger partial charge in [0.15, 0.2) is 11.5 Å². The number of hydrogen-bond donors (Lipinski definition) is 0. The summed E-state index contributed by atoms with van der Waals surface area (Å²) >= 11 is 0. The number of benzene rings is 1. The number of halogens is 1. The molecule has 3 nitrogen and oxygen atoms in total. The van der Waals surface area contributed by atoms with Crippen LogP contribution in [0.15, 0.2) is 36.4 Å². The van der Waals surface area contributed by atoms with Crippen LogP contribution < -0.4 is 5.19 Å². The van der Waals surface area contributed by atoms with E-state index < -0.39 is 19.9 Å². The van der Waals surface area contributed by atoms with Crippen LogP contribution in [0.5, 0.6) is 0 Å². The molecule has 2 rings (SSSR count). The molecule has 0 N–H and O–H groups in total. The predicted molar refractivity (Wildman–Crippen MR) is 84.0 cm³/mol. The Labute approximate surface area is 124 Å². The van der Waals surface area contributed by atoms with Gasteiger partial charge in [-0.1, -0.05) is 49.1 Å². The van der Waals surface area contributed by atoms with Crippen molar-refractivity contribution in [2.24, 2.45) is 0 Å². The number of pyridine rings is 1. The van der Waals surface area contributed by atoms with Gasteiger partial charge in [0.25, 0.3) is 0 Å². The molecule has 0 amide bonds. The molecule has 0 aliphatic carbocycles. The third-order valence-corrected chi connectivity index (χ3v) is 5.34. The van der Waals surface area contributed by atoms with Gasteiger partial charge in [0, 0.05) is 5.56 Å². The molecule has 0 fully saturated rings. The van der Waals surface area contributed by atoms with Crippen LogP contribution in [0.25, 0.3) is 11.3 Å². The molecule has 0 bridgehead atoms. The van der Waals surface area contributed by atoms with Gasteiger partial charge in [-0.25, -0.2) is 14.2 Å². The van der Waals surface area contributed by atoms with Crippen molar-refractivity contribution >= 4 is 19.2 Å². The summed E-state index contributed by atoms with van der Waals surface area (Å²) in [6.45, 7) is 6.81. The molecule has 21 heavy (non-hydrogen) atoms. The number of rotatable bonds is 3. The number of hydrogen-bond acceptors (Lipinski definition) is 3. The van der Waals surface area contributed by atoms with Gasteiger partial charge in [0.05, 0.1) is 20.9 Å². The zero-order valence-electron chi connectivity index (χ0n) is 12.6. The minimum atomic E-state index is -1.36. The maximum absolute atomic E-state index is 13.6. The van der Waals surface area contributed by atoms with Crippen molar-refractivity contribution in [1.29, 1.82) is 0 Å². The van der Waals surface area contributed by atoms with E-state index in [1.54, 1.807) is 6.07 Å². The number of methoxy groups -OCH3 is 1. The van der Waals surface area contributed by atoms with Crippen molar-refractivity contribution in [2.45, 2.75) is 19.6 Å². The summed E-state index contributed by atoms with van der Waals surface area (Å²) in [6.07, 6.45) is 0. The van der Waals surface area contributed by atoms with Crippen molar-refractivity contribution in [1.82, 2.24) is 4.98 Å². The highest BCUT2D eigenvalue weighted by Crippen LogP contribution is 2.19. The lowest BCUT2D eigenvalue weighted by Gasteiger charge is -2.16. The van der Waals surface area contributed by atoms with Gasteiger partial charge in [0.1, 0.15) is 0 Å². The van der Waals surface area contributed by atoms with Crippen LogP contribution in [0.2, 0.25) is 19.6 Å². The first-order valence-corrected chi connectivity index (χ1v) is 10.2. The second-order valence-corrected chi connectivity index (χ2v) is 10.9. The van der Waals surface area contributed by atoms with Crippen molar-refractivity contribution in [3.63, 3.8) is 0 Å². The number of ether oxygens (including phenoxy) is 1. The molecule has 1 heterocycles. The molecule has 5 heteroatoms. The Kier molecular flexibility index (Phi) is 4.23. The normalized spacial score (nSPS) is 11.3. The quantitative estimate of drug-likeness (QED) is 0.645. The molecule has 0 atom stereocenters. The van der Waals surface area contributed by atoms with Crippen LogP contribution >= 0.6 is 0 Å². The highest BCUT2D eigenvalue weighted by atomic mass is 28.3. The second kappa shape index (κ2) is 5.77. The molecule has 0 unspecified atom stereocenters. The molecule has 0 radical (unpaired) electrons. The Balaban J connectivity index is 2.41. The van der Waals surface area contributed by atoms with Crippen LogP contribution in [0.4, 0.5) is 4.39 Å². The summed E-state index contributed by atoms with van der Waals surface area (Å²) in [5.41, 5.74) is 1.12. The van der Waals surface area contributed by atoms with Crippen molar-refractivity contribution in [3.8, 4) is 11.3 Å². The summed E-state index contributed by atoms with van der Waals surface area (Å²) in [6, 6.07) is 10.9. The molecule has 1 aromatic carbocycles. The molecule has 2 aromatic rings. The Morgan fingerprint density at radius 2 is 1.71 bits per heavy atom. The van der Waals surface area contributed by atoms with Crippen molar-refractivity contribution < 1.29 is 13.9 Å². The van der Waals surface area contributed by atoms with E-state index in [2.05, 4.69) is 41.5 Å². The summed E-state index contributed by atoms with van der Waals surface area (Å²) in [5.74, 6) is -1.45. The zero-order valence-corrected chi connectivity index (χ0v) is 13.6. The third kappa shape index (κ3) is 3.36. The second-order valence-electron chi connectivity index (χ2n) is 5.85. The number of carbonyl (C=O) groups excluding carboxylic acids is 1. The lowest BCUT2D eigenvalue weighted by molar-refractivity contribution is 0.0588. The Morgan fingerprint density at radius 1 is 1.10 bits per heavy atom. The first kappa shape index (κ1) is 15.4. The first-order valence-electron chi connectivity index (χ1n) is 6.68. The summed E-state index contributed by atoms with van der Waals surface area (Å²) in [5, 5.41) is 1.33. The van der Waals surface area contributed by atoms with Gasteiger partial charge in [-0.3, -0.25) is 0 Å². The van der Waals surface area contributed by atoms with Crippen molar-refractivity contribution in [3.05, 3.63) is 47.9 Å². The fourth-order valence-corrected chi connectivity index (χ4v) is 3.15. The first-order chi connectivity index (χ1) is 9.82. The summed E-state index contributed by atoms with van der Waals surface area (Å²) in [4.78, 5) is 15.6. The molecular formula is C16H18FNO2Si. The van der Waals surface area contributed by atoms with Crippen LogP contribution in [0.3, 0.4) is 0 Å². The fraction of sp³-hybridized carbons (Fsp3) is 0.250. The lowest BCUT2D eigenvalue weighted by Crippen LogP contribution is -2.37. The van der Waals surface area contributed by atoms with E-state index in [0.717, 1.165) is 5.56 Å². The molecule has 0 spiro atoms. The largest absolute Gasteiger partial charge is 0.464 e. The monoisotopic (exact) mass is 303 g/mol. The maximum atomic E-state index is 13.6. The molecule has 1 aromatic heterocycles. The van der Waals surface area contributed by atoms with Crippen LogP contribution in [-0.4, -0.2) is 26.1 Å². The van der Waals surface area contributed by atoms with Gasteiger partial charge >= 0.3 is 5.97 Å². The summed E-state index contributed by atoms with van der Waals surface area (Å²) in [7, 11) is -0.148. The molecule has 0 aliphatic rings. The third-order valence-electron chi connectivity index (χ3n) is 3.27. The average molecular weight is 303 g/mol. The smallest absolute Gasteiger partial charge is 0.359 e. The van der Waals surface area contributed by atoms with Gasteiger partial charge in [-0.2, -0.15) is 0 Å². The van der Waals surface area contributed by atoms with E-state index in [-0.39, 0.29) is 5.69 Å². The number of carbonyl (C=O) groups is 1. The van der Waals surface area contributed by atoms with E-state index in [9.17, 15) is 9.18 Å². The van der Waals surface area contributed by atoms with E-state index in [4.69, 9.17) is 0 Å². The predicted octanol–water partition coefficient (Wildman–Crippen LogP) is 3.22. The maximum Gasteiger partial charge on any atom is 0.359 e. The molecular weight excluding hydrogens is 285 g/mol. The molecule has 0 saturated carbocycles. The molecule has 0 aliphatic heterocycles. The standard InChI is InChI=1S/C16H18FNO2Si/c1-20-16(19)15-13(17)9-10-14(18-15)11-5-7-12(8-6-11)21(2,3)4/h5-10H,1-4H3. The lowest BCUT2D eigenvalue weighted by atomic mass is 10.1. The van der Waals surface area contributed by atoms with Gasteiger partial charge < -0.3 is 4.74 Å². The Bertz CT molecular complexity index is 663. The highest BCUT2D eigenvalue weighted by Gasteiger charge is 2.17. The van der Waals surface area contributed by atoms with Crippen molar-refractivity contribution in [2.75, 3.05) is 7.11 Å². The van der Waals surface area contributed by atoms with Gasteiger partial charge in [-0.05, 0) is 12.1 Å². The highest BCUT2D eigenvalue weighted by molar-refractivity contribution is 6.88. The van der Waals surface area contributed by atoms with Crippen LogP contribution in [-0.2, 0) is 4.74 Å². The van der Waals surface area contributed by atoms with Crippen LogP contribution in [0.1, 0.15) is 10.5 Å². The number of aromatic nitrogens is 1. The minimum Gasteiger partial charge on any atom is -0.464 e. The minimum absolute atomic E-state index is 0.288. The van der Waals surface area contributed by atoms with E-state index in [1.165, 1.54) is 18.4 Å². The van der Waals surface area contributed by atoms with E-state index in [0.29, 0.717) is 5.69 Å². The molecule has 0 saturated heterocycles. The average Bonchev–Trinajstić information content (AvgIpc) is 2.46. The zero-order chi connectivity index (χ0) is 15.6. The topological polar surface area (TPSA) is 39.2 Å². The molecule has 110 valence electrons. The number of esters is 1.